The topological polar surface area (TPSA) is 218 Å². The second-order valence-electron chi connectivity index (χ2n) is 5.53. The van der Waals surface area contributed by atoms with Crippen LogP contribution in [0.2, 0.25) is 0 Å². The Balaban J connectivity index is -0.000000524. The number of hydrogen-bond donors (Lipinski definition) is 6. The molecule has 0 amide bonds. The molecule has 0 radical (unpaired) electrons. The van der Waals surface area contributed by atoms with E-state index < -0.39 is 59.1 Å². The van der Waals surface area contributed by atoms with E-state index in [0.29, 0.717) is 23.7 Å². The SMILES string of the molecule is N[C@@H](CCSCCS(=O)CC[C@H](N)C(=O)O)C(=O)O.O=C(O)C(F)(F)F.O=C(O)C(F)(F)F. The third-order valence-electron chi connectivity index (χ3n) is 2.80. The van der Waals surface area contributed by atoms with E-state index in [4.69, 9.17) is 41.5 Å². The zero-order valence-corrected chi connectivity index (χ0v) is 18.1. The van der Waals surface area contributed by atoms with Crippen LogP contribution < -0.4 is 11.5 Å². The van der Waals surface area contributed by atoms with Crippen LogP contribution in [-0.4, -0.2) is 96.0 Å². The lowest BCUT2D eigenvalue weighted by Gasteiger charge is -2.07. The molecule has 0 bridgehead atoms. The summed E-state index contributed by atoms with van der Waals surface area (Å²) in [6.07, 6.45) is -9.60. The van der Waals surface area contributed by atoms with Gasteiger partial charge in [-0.1, -0.05) is 0 Å². The van der Waals surface area contributed by atoms with Gasteiger partial charge in [0.2, 0.25) is 0 Å². The number of aliphatic carboxylic acids is 4. The number of carbonyl (C=O) groups is 4. The summed E-state index contributed by atoms with van der Waals surface area (Å²) < 4.78 is 75.0. The number of nitrogens with two attached hydrogens (primary N) is 2. The highest BCUT2D eigenvalue weighted by Gasteiger charge is 2.38. The molecule has 3 atom stereocenters. The highest BCUT2D eigenvalue weighted by molar-refractivity contribution is 8.00. The van der Waals surface area contributed by atoms with E-state index in [9.17, 15) is 40.1 Å². The monoisotopic (exact) mass is 540 g/mol. The normalized spacial score (nSPS) is 13.8. The first-order valence-corrected chi connectivity index (χ1v) is 10.9. The Morgan fingerprint density at radius 3 is 1.36 bits per heavy atom. The van der Waals surface area contributed by atoms with Crippen molar-refractivity contribution < 1.29 is 70.2 Å². The molecular formula is C14H22F6N2O9S2. The van der Waals surface area contributed by atoms with Gasteiger partial charge in [0, 0.05) is 28.1 Å². The molecule has 0 aliphatic carbocycles. The fourth-order valence-electron chi connectivity index (χ4n) is 1.07. The fourth-order valence-corrected chi connectivity index (χ4v) is 3.63. The van der Waals surface area contributed by atoms with E-state index in [1.165, 1.54) is 11.8 Å². The first-order chi connectivity index (χ1) is 14.7. The van der Waals surface area contributed by atoms with E-state index in [0.717, 1.165) is 0 Å². The van der Waals surface area contributed by atoms with Gasteiger partial charge in [-0.15, -0.1) is 0 Å². The van der Waals surface area contributed by atoms with E-state index in [1.807, 2.05) is 0 Å². The van der Waals surface area contributed by atoms with E-state index in [2.05, 4.69) is 0 Å². The Bertz CT molecular complexity index is 638. The van der Waals surface area contributed by atoms with Crippen molar-refractivity contribution in [3.63, 3.8) is 0 Å². The van der Waals surface area contributed by atoms with Crippen LogP contribution in [-0.2, 0) is 30.0 Å². The smallest absolute Gasteiger partial charge is 0.480 e. The van der Waals surface area contributed by atoms with Crippen molar-refractivity contribution in [2.24, 2.45) is 11.5 Å². The highest BCUT2D eigenvalue weighted by atomic mass is 32.2. The van der Waals surface area contributed by atoms with Crippen LogP contribution in [0.5, 0.6) is 0 Å². The molecule has 33 heavy (non-hydrogen) atoms. The van der Waals surface area contributed by atoms with Gasteiger partial charge in [0.25, 0.3) is 0 Å². The Kier molecular flexibility index (Phi) is 18.7. The van der Waals surface area contributed by atoms with Crippen LogP contribution >= 0.6 is 11.8 Å². The maximum absolute atomic E-state index is 11.5. The molecule has 0 aliphatic rings. The average Bonchev–Trinajstić information content (AvgIpc) is 2.64. The Morgan fingerprint density at radius 2 is 1.06 bits per heavy atom. The lowest BCUT2D eigenvalue weighted by atomic mass is 10.2. The molecule has 0 aromatic carbocycles. The lowest BCUT2D eigenvalue weighted by Crippen LogP contribution is -2.31. The third-order valence-corrected chi connectivity index (χ3v) is 5.43. The van der Waals surface area contributed by atoms with Crippen molar-refractivity contribution in [2.75, 3.05) is 23.0 Å². The minimum Gasteiger partial charge on any atom is -0.480 e. The Morgan fingerprint density at radius 1 is 0.727 bits per heavy atom. The summed E-state index contributed by atoms with van der Waals surface area (Å²) in [7, 11) is -1.09. The maximum Gasteiger partial charge on any atom is 0.490 e. The molecular weight excluding hydrogens is 518 g/mol. The summed E-state index contributed by atoms with van der Waals surface area (Å²) >= 11 is 1.48. The molecule has 0 saturated heterocycles. The highest BCUT2D eigenvalue weighted by Crippen LogP contribution is 2.13. The maximum atomic E-state index is 11.5. The Hall–Kier alpha value is -2.12. The average molecular weight is 540 g/mol. The molecule has 11 nitrogen and oxygen atoms in total. The van der Waals surface area contributed by atoms with Crippen LogP contribution in [0.25, 0.3) is 0 Å². The van der Waals surface area contributed by atoms with Gasteiger partial charge in [-0.3, -0.25) is 13.8 Å². The van der Waals surface area contributed by atoms with Gasteiger partial charge in [0.1, 0.15) is 12.1 Å². The van der Waals surface area contributed by atoms with Crippen molar-refractivity contribution in [2.45, 2.75) is 37.3 Å². The summed E-state index contributed by atoms with van der Waals surface area (Å²) in [6, 6.07) is -1.82. The van der Waals surface area contributed by atoms with E-state index >= 15 is 0 Å². The van der Waals surface area contributed by atoms with Crippen molar-refractivity contribution in [3.8, 4) is 0 Å². The molecule has 0 heterocycles. The van der Waals surface area contributed by atoms with E-state index in [1.54, 1.807) is 0 Å². The van der Waals surface area contributed by atoms with Gasteiger partial charge in [0.15, 0.2) is 0 Å². The van der Waals surface area contributed by atoms with Crippen molar-refractivity contribution in [1.82, 2.24) is 0 Å². The first-order valence-electron chi connectivity index (χ1n) is 8.23. The molecule has 0 saturated carbocycles. The van der Waals surface area contributed by atoms with Crippen molar-refractivity contribution in [1.29, 1.82) is 0 Å². The van der Waals surface area contributed by atoms with Crippen LogP contribution in [0.4, 0.5) is 26.3 Å². The summed E-state index contributed by atoms with van der Waals surface area (Å²) in [5.41, 5.74) is 10.6. The van der Waals surface area contributed by atoms with Gasteiger partial charge in [-0.2, -0.15) is 38.1 Å². The van der Waals surface area contributed by atoms with Crippen LogP contribution in [0, 0.1) is 0 Å². The minimum absolute atomic E-state index is 0.191. The van der Waals surface area contributed by atoms with E-state index in [-0.39, 0.29) is 12.2 Å². The van der Waals surface area contributed by atoms with Gasteiger partial charge in [-0.05, 0) is 18.6 Å². The largest absolute Gasteiger partial charge is 0.490 e. The fraction of sp³-hybridized carbons (Fsp3) is 0.714. The molecule has 19 heteroatoms. The number of thioether (sulfide) groups is 1. The predicted octanol–water partition coefficient (Wildman–Crippen LogP) is 0.339. The molecule has 8 N–H and O–H groups in total. The lowest BCUT2D eigenvalue weighted by molar-refractivity contribution is -0.193. The van der Waals surface area contributed by atoms with Gasteiger partial charge < -0.3 is 31.9 Å². The predicted molar refractivity (Wildman–Crippen MR) is 103 cm³/mol. The van der Waals surface area contributed by atoms with Crippen molar-refractivity contribution in [3.05, 3.63) is 0 Å². The number of rotatable bonds is 11. The molecule has 196 valence electrons. The van der Waals surface area contributed by atoms with Gasteiger partial charge in [0.05, 0.1) is 0 Å². The van der Waals surface area contributed by atoms with Crippen LogP contribution in [0.3, 0.4) is 0 Å². The summed E-state index contributed by atoms with van der Waals surface area (Å²) in [5, 5.41) is 31.4. The zero-order valence-electron chi connectivity index (χ0n) is 16.5. The number of hydrogen-bond acceptors (Lipinski definition) is 8. The standard InChI is InChI=1S/C10H20N2O5S2.2C2HF3O2/c11-7(9(13)14)1-3-18-4-6-19(17)5-2-8(12)10(15)16;2*3-2(4,5)1(6)7/h7-8H,1-6,11-12H2,(H,13,14)(H,15,16);2*(H,6,7)/t7-,8-,19?;;/m0../s1. The number of carboxylic acids is 4. The second kappa shape index (κ2) is 17.4. The molecule has 0 spiro atoms. The molecule has 1 unspecified atom stereocenters. The molecule has 0 rings (SSSR count). The molecule has 0 fully saturated rings. The summed E-state index contributed by atoms with van der Waals surface area (Å²) in [5.74, 6) is -5.69. The minimum atomic E-state index is -5.08. The van der Waals surface area contributed by atoms with Crippen LogP contribution in [0.1, 0.15) is 12.8 Å². The quantitative estimate of drug-likeness (QED) is 0.154. The van der Waals surface area contributed by atoms with Crippen molar-refractivity contribution >= 4 is 46.4 Å². The molecule has 0 aromatic heterocycles. The summed E-state index contributed by atoms with van der Waals surface area (Å²) in [4.78, 5) is 38.7. The van der Waals surface area contributed by atoms with Gasteiger partial charge in [-0.25, -0.2) is 9.59 Å². The first kappa shape index (κ1) is 35.5. The van der Waals surface area contributed by atoms with Crippen LogP contribution in [0.15, 0.2) is 0 Å². The second-order valence-corrected chi connectivity index (χ2v) is 8.45. The Labute approximate surface area is 188 Å². The molecule has 0 aromatic rings. The molecule has 0 aliphatic heterocycles. The number of carboxylic acid groups (broad SMARTS) is 4. The zero-order chi connectivity index (χ0) is 27.0. The third kappa shape index (κ3) is 24.4. The number of alkyl halides is 6. The summed E-state index contributed by atoms with van der Waals surface area (Å²) in [6.45, 7) is 0. The number of halogens is 6. The van der Waals surface area contributed by atoms with Gasteiger partial charge >= 0.3 is 36.2 Å².